The molecule has 2 heterocycles. The van der Waals surface area contributed by atoms with Crippen LogP contribution < -0.4 is 0 Å². The number of amides is 1. The molecule has 1 aromatic carbocycles. The number of carbonyl (C=O) groups is 2. The summed E-state index contributed by atoms with van der Waals surface area (Å²) in [5, 5.41) is 19.6. The predicted octanol–water partition coefficient (Wildman–Crippen LogP) is 2.67. The van der Waals surface area contributed by atoms with Crippen LogP contribution in [0.3, 0.4) is 0 Å². The summed E-state index contributed by atoms with van der Waals surface area (Å²) in [5.41, 5.74) is 1.33. The van der Waals surface area contributed by atoms with Crippen molar-refractivity contribution in [2.45, 2.75) is 0 Å². The van der Waals surface area contributed by atoms with Crippen LogP contribution in [-0.4, -0.2) is 42.2 Å². The molecule has 3 rings (SSSR count). The second-order valence-electron chi connectivity index (χ2n) is 5.24. The van der Waals surface area contributed by atoms with E-state index in [0.29, 0.717) is 16.3 Å². The van der Waals surface area contributed by atoms with Crippen LogP contribution in [0.1, 0.15) is 5.69 Å². The van der Waals surface area contributed by atoms with Gasteiger partial charge in [-0.25, -0.2) is 0 Å². The first-order chi connectivity index (χ1) is 12.4. The molecule has 0 radical (unpaired) electrons. The number of benzene rings is 1. The molecule has 10 heteroatoms. The van der Waals surface area contributed by atoms with E-state index in [1.165, 1.54) is 12.1 Å². The lowest BCUT2D eigenvalue weighted by molar-refractivity contribution is -0.384. The SMILES string of the molecule is O=C(O)CN1C(=O)/C(=C\c2cccn2-c2ccc([N+](=O)[O-])cc2)SC1=S. The van der Waals surface area contributed by atoms with Crippen molar-refractivity contribution >= 4 is 51.9 Å². The smallest absolute Gasteiger partial charge is 0.323 e. The number of carboxylic acids is 1. The van der Waals surface area contributed by atoms with Gasteiger partial charge in [0.25, 0.3) is 11.6 Å². The van der Waals surface area contributed by atoms with Gasteiger partial charge in [-0.05, 0) is 30.3 Å². The van der Waals surface area contributed by atoms with Crippen LogP contribution in [0, 0.1) is 10.1 Å². The van der Waals surface area contributed by atoms with Crippen LogP contribution in [0.15, 0.2) is 47.5 Å². The Balaban J connectivity index is 1.90. The van der Waals surface area contributed by atoms with Crippen molar-refractivity contribution in [1.29, 1.82) is 0 Å². The third-order valence-corrected chi connectivity index (χ3v) is 4.94. The summed E-state index contributed by atoms with van der Waals surface area (Å²) >= 11 is 6.10. The number of carboxylic acid groups (broad SMARTS) is 1. The van der Waals surface area contributed by atoms with E-state index in [0.717, 1.165) is 16.7 Å². The Kier molecular flexibility index (Phi) is 4.87. The first-order valence-corrected chi connectivity index (χ1v) is 8.48. The summed E-state index contributed by atoms with van der Waals surface area (Å²) in [5.74, 6) is -1.60. The maximum absolute atomic E-state index is 12.3. The van der Waals surface area contributed by atoms with Crippen LogP contribution >= 0.6 is 24.0 Å². The minimum atomic E-state index is -1.14. The zero-order chi connectivity index (χ0) is 18.8. The van der Waals surface area contributed by atoms with Crippen LogP contribution in [0.2, 0.25) is 0 Å². The summed E-state index contributed by atoms with van der Waals surface area (Å²) in [7, 11) is 0. The molecule has 132 valence electrons. The van der Waals surface area contributed by atoms with Gasteiger partial charge in [-0.1, -0.05) is 24.0 Å². The van der Waals surface area contributed by atoms with Crippen molar-refractivity contribution in [3.05, 3.63) is 63.3 Å². The van der Waals surface area contributed by atoms with Gasteiger partial charge in [0.2, 0.25) is 0 Å². The molecule has 0 bridgehead atoms. The molecule has 0 atom stereocenters. The molecule has 0 saturated carbocycles. The van der Waals surface area contributed by atoms with Gasteiger partial charge < -0.3 is 9.67 Å². The number of aromatic nitrogens is 1. The highest BCUT2D eigenvalue weighted by atomic mass is 32.2. The van der Waals surface area contributed by atoms with Gasteiger partial charge in [-0.2, -0.15) is 0 Å². The number of hydrogen-bond acceptors (Lipinski definition) is 6. The van der Waals surface area contributed by atoms with Crippen LogP contribution in [0.4, 0.5) is 5.69 Å². The lowest BCUT2D eigenvalue weighted by atomic mass is 10.2. The molecule has 1 fully saturated rings. The minimum absolute atomic E-state index is 0.0167. The van der Waals surface area contributed by atoms with Gasteiger partial charge in [-0.15, -0.1) is 0 Å². The molecule has 0 unspecified atom stereocenters. The average Bonchev–Trinajstić information content (AvgIpc) is 3.15. The second-order valence-corrected chi connectivity index (χ2v) is 6.91. The number of thioether (sulfide) groups is 1. The first kappa shape index (κ1) is 17.8. The number of hydrogen-bond donors (Lipinski definition) is 1. The zero-order valence-electron chi connectivity index (χ0n) is 13.1. The molecule has 1 amide bonds. The fourth-order valence-electron chi connectivity index (χ4n) is 2.39. The lowest BCUT2D eigenvalue weighted by Crippen LogP contribution is -2.33. The van der Waals surface area contributed by atoms with Crippen molar-refractivity contribution < 1.29 is 19.6 Å². The van der Waals surface area contributed by atoms with E-state index >= 15 is 0 Å². The standard InChI is InChI=1S/C16H11N3O5S2/c20-14(21)9-18-15(22)13(26-16(18)25)8-12-2-1-7-17(12)10-3-5-11(6-4-10)19(23)24/h1-8H,9H2,(H,20,21)/b13-8+. The van der Waals surface area contributed by atoms with Gasteiger partial charge in [0.1, 0.15) is 10.9 Å². The van der Waals surface area contributed by atoms with Gasteiger partial charge >= 0.3 is 5.97 Å². The normalized spacial score (nSPS) is 15.7. The Morgan fingerprint density at radius 1 is 1.31 bits per heavy atom. The van der Waals surface area contributed by atoms with E-state index < -0.39 is 23.3 Å². The van der Waals surface area contributed by atoms with E-state index in [1.54, 1.807) is 41.1 Å². The average molecular weight is 389 g/mol. The van der Waals surface area contributed by atoms with Crippen molar-refractivity contribution in [2.24, 2.45) is 0 Å². The van der Waals surface area contributed by atoms with Crippen molar-refractivity contribution in [3.8, 4) is 5.69 Å². The number of carbonyl (C=O) groups excluding carboxylic acids is 1. The van der Waals surface area contributed by atoms with Crippen molar-refractivity contribution in [1.82, 2.24) is 9.47 Å². The number of rotatable bonds is 5. The van der Waals surface area contributed by atoms with Crippen molar-refractivity contribution in [3.63, 3.8) is 0 Å². The quantitative estimate of drug-likeness (QED) is 0.363. The van der Waals surface area contributed by atoms with E-state index in [-0.39, 0.29) is 10.0 Å². The van der Waals surface area contributed by atoms with Crippen LogP contribution in [-0.2, 0) is 9.59 Å². The summed E-state index contributed by atoms with van der Waals surface area (Å²) in [6, 6.07) is 9.53. The molecular weight excluding hydrogens is 378 g/mol. The highest BCUT2D eigenvalue weighted by Gasteiger charge is 2.33. The first-order valence-electron chi connectivity index (χ1n) is 7.26. The monoisotopic (exact) mass is 389 g/mol. The summed E-state index contributed by atoms with van der Waals surface area (Å²) in [6.45, 7) is -0.481. The maximum atomic E-state index is 12.3. The number of thiocarbonyl (C=S) groups is 1. The van der Waals surface area contributed by atoms with Crippen LogP contribution in [0.5, 0.6) is 0 Å². The highest BCUT2D eigenvalue weighted by molar-refractivity contribution is 8.26. The Labute approximate surface area is 156 Å². The summed E-state index contributed by atoms with van der Waals surface area (Å²) in [4.78, 5) is 34.8. The van der Waals surface area contributed by atoms with Crippen LogP contribution in [0.25, 0.3) is 11.8 Å². The summed E-state index contributed by atoms with van der Waals surface area (Å²) in [6.07, 6.45) is 3.37. The predicted molar refractivity (Wildman–Crippen MR) is 99.9 cm³/mol. The lowest BCUT2D eigenvalue weighted by Gasteiger charge is -2.10. The van der Waals surface area contributed by atoms with E-state index in [2.05, 4.69) is 0 Å². The fraction of sp³-hybridized carbons (Fsp3) is 0.0625. The number of aliphatic carboxylic acids is 1. The Hall–Kier alpha value is -2.98. The third-order valence-electron chi connectivity index (χ3n) is 3.56. The topological polar surface area (TPSA) is 106 Å². The minimum Gasteiger partial charge on any atom is -0.480 e. The molecule has 0 aliphatic carbocycles. The second kappa shape index (κ2) is 7.10. The van der Waals surface area contributed by atoms with Gasteiger partial charge in [0, 0.05) is 29.7 Å². The Morgan fingerprint density at radius 3 is 2.62 bits per heavy atom. The van der Waals surface area contributed by atoms with E-state index in [9.17, 15) is 19.7 Å². The third kappa shape index (κ3) is 3.51. The molecule has 1 aliphatic rings. The zero-order valence-corrected chi connectivity index (χ0v) is 14.7. The van der Waals surface area contributed by atoms with E-state index in [1.807, 2.05) is 0 Å². The molecule has 1 aromatic heterocycles. The van der Waals surface area contributed by atoms with Gasteiger partial charge in [0.05, 0.1) is 9.83 Å². The Bertz CT molecular complexity index is 949. The molecule has 1 saturated heterocycles. The number of nitro groups is 1. The van der Waals surface area contributed by atoms with Gasteiger partial charge in [0.15, 0.2) is 0 Å². The summed E-state index contributed by atoms with van der Waals surface area (Å²) < 4.78 is 1.95. The molecular formula is C16H11N3O5S2. The molecule has 2 aromatic rings. The highest BCUT2D eigenvalue weighted by Crippen LogP contribution is 2.32. The molecule has 0 spiro atoms. The molecule has 8 nitrogen and oxygen atoms in total. The Morgan fingerprint density at radius 2 is 2.00 bits per heavy atom. The number of nitro benzene ring substituents is 1. The number of nitrogens with zero attached hydrogens (tertiary/aromatic N) is 3. The molecule has 1 N–H and O–H groups in total. The maximum Gasteiger partial charge on any atom is 0.323 e. The van der Waals surface area contributed by atoms with E-state index in [4.69, 9.17) is 17.3 Å². The molecule has 26 heavy (non-hydrogen) atoms. The number of non-ortho nitro benzene ring substituents is 1. The largest absolute Gasteiger partial charge is 0.480 e. The molecule has 1 aliphatic heterocycles. The van der Waals surface area contributed by atoms with Crippen molar-refractivity contribution in [2.75, 3.05) is 6.54 Å². The van der Waals surface area contributed by atoms with Gasteiger partial charge in [-0.3, -0.25) is 24.6 Å². The fourth-order valence-corrected chi connectivity index (χ4v) is 3.63.